The van der Waals surface area contributed by atoms with Gasteiger partial charge in [-0.25, -0.2) is 16.8 Å². The van der Waals surface area contributed by atoms with Crippen LogP contribution in [0.4, 0.5) is 5.69 Å². The number of amides is 1. The molecule has 0 aliphatic carbocycles. The van der Waals surface area contributed by atoms with E-state index in [-0.39, 0.29) is 58.2 Å². The Balaban J connectivity index is 1.62. The van der Waals surface area contributed by atoms with Gasteiger partial charge in [0, 0.05) is 37.3 Å². The summed E-state index contributed by atoms with van der Waals surface area (Å²) >= 11 is 6.23. The maximum absolute atomic E-state index is 14.0. The number of anilines is 1. The Morgan fingerprint density at radius 1 is 0.786 bits per heavy atom. The fourth-order valence-corrected chi connectivity index (χ4v) is 7.54. The molecule has 1 saturated heterocycles. The fourth-order valence-electron chi connectivity index (χ4n) is 4.52. The van der Waals surface area contributed by atoms with E-state index >= 15 is 0 Å². The number of carbonyl (C=O) groups excluding carboxylic acids is 1. The first-order valence-electron chi connectivity index (χ1n) is 12.8. The van der Waals surface area contributed by atoms with Crippen molar-refractivity contribution >= 4 is 43.2 Å². The molecule has 14 heteroatoms. The van der Waals surface area contributed by atoms with Crippen LogP contribution in [0.3, 0.4) is 0 Å². The van der Waals surface area contributed by atoms with Crippen LogP contribution in [0.2, 0.25) is 5.02 Å². The average molecular weight is 638 g/mol. The summed E-state index contributed by atoms with van der Waals surface area (Å²) in [5, 5.41) is 0.237. The number of sulfonamides is 2. The summed E-state index contributed by atoms with van der Waals surface area (Å²) in [5.74, 6) is 0.186. The third kappa shape index (κ3) is 6.43. The summed E-state index contributed by atoms with van der Waals surface area (Å²) in [7, 11) is -3.91. The summed E-state index contributed by atoms with van der Waals surface area (Å²) in [6.45, 7) is 1.57. The zero-order valence-electron chi connectivity index (χ0n) is 23.6. The smallest absolute Gasteiger partial charge is 0.265 e. The summed E-state index contributed by atoms with van der Waals surface area (Å²) in [4.78, 5) is 15.0. The molecule has 0 aromatic heterocycles. The minimum atomic E-state index is -4.36. The lowest BCUT2D eigenvalue weighted by atomic mass is 10.2. The maximum Gasteiger partial charge on any atom is 0.265 e. The second-order valence-corrected chi connectivity index (χ2v) is 13.7. The summed E-state index contributed by atoms with van der Waals surface area (Å²) in [5.41, 5.74) is 1.00. The highest BCUT2D eigenvalue weighted by atomic mass is 35.5. The molecule has 3 aromatic carbocycles. The second kappa shape index (κ2) is 12.8. The van der Waals surface area contributed by atoms with Crippen LogP contribution < -0.4 is 18.5 Å². The lowest BCUT2D eigenvalue weighted by Gasteiger charge is -2.35. The number of rotatable bonds is 10. The van der Waals surface area contributed by atoms with Crippen molar-refractivity contribution < 1.29 is 35.8 Å². The monoisotopic (exact) mass is 637 g/mol. The Morgan fingerprint density at radius 3 is 1.95 bits per heavy atom. The van der Waals surface area contributed by atoms with Crippen LogP contribution in [-0.2, 0) is 24.8 Å². The van der Waals surface area contributed by atoms with E-state index in [1.807, 2.05) is 6.92 Å². The Labute approximate surface area is 251 Å². The number of halogens is 1. The third-order valence-electron chi connectivity index (χ3n) is 6.88. The zero-order valence-corrected chi connectivity index (χ0v) is 26.0. The predicted octanol–water partition coefficient (Wildman–Crippen LogP) is 3.40. The van der Waals surface area contributed by atoms with E-state index in [0.29, 0.717) is 5.75 Å². The van der Waals surface area contributed by atoms with Gasteiger partial charge in [-0.1, -0.05) is 29.3 Å². The number of nitrogens with zero attached hydrogens (tertiary/aromatic N) is 3. The first kappa shape index (κ1) is 31.4. The van der Waals surface area contributed by atoms with E-state index in [1.54, 1.807) is 30.3 Å². The highest BCUT2D eigenvalue weighted by molar-refractivity contribution is 7.93. The third-order valence-corrected chi connectivity index (χ3v) is 10.8. The molecule has 1 heterocycles. The number of ether oxygens (including phenoxy) is 3. The molecule has 11 nitrogen and oxygen atoms in total. The number of benzene rings is 3. The van der Waals surface area contributed by atoms with Crippen LogP contribution in [0.25, 0.3) is 0 Å². The van der Waals surface area contributed by atoms with Gasteiger partial charge in [-0.3, -0.25) is 9.10 Å². The maximum atomic E-state index is 14.0. The first-order valence-corrected chi connectivity index (χ1v) is 16.1. The van der Waals surface area contributed by atoms with Gasteiger partial charge in [0.2, 0.25) is 15.9 Å². The van der Waals surface area contributed by atoms with Crippen molar-refractivity contribution in [2.75, 3.05) is 58.4 Å². The van der Waals surface area contributed by atoms with Gasteiger partial charge in [-0.15, -0.1) is 0 Å². The molecule has 0 atom stereocenters. The number of aryl methyl sites for hydroxylation is 1. The molecule has 0 saturated carbocycles. The minimum Gasteiger partial charge on any atom is -0.495 e. The van der Waals surface area contributed by atoms with Gasteiger partial charge in [-0.05, 0) is 49.4 Å². The molecule has 0 bridgehead atoms. The van der Waals surface area contributed by atoms with Gasteiger partial charge in [0.25, 0.3) is 10.0 Å². The first-order chi connectivity index (χ1) is 19.9. The number of hydrogen-bond donors (Lipinski definition) is 0. The van der Waals surface area contributed by atoms with Crippen LogP contribution in [-0.4, -0.2) is 86.0 Å². The topological polar surface area (TPSA) is 123 Å². The molecule has 0 N–H and O–H groups in total. The van der Waals surface area contributed by atoms with Crippen LogP contribution in [0.5, 0.6) is 17.2 Å². The van der Waals surface area contributed by atoms with Crippen molar-refractivity contribution in [2.45, 2.75) is 16.7 Å². The van der Waals surface area contributed by atoms with Crippen molar-refractivity contribution in [1.82, 2.24) is 9.21 Å². The quantitative estimate of drug-likeness (QED) is 0.332. The van der Waals surface area contributed by atoms with E-state index in [0.717, 1.165) is 9.87 Å². The van der Waals surface area contributed by atoms with Crippen LogP contribution in [0.15, 0.2) is 70.5 Å². The van der Waals surface area contributed by atoms with Crippen LogP contribution in [0, 0.1) is 6.92 Å². The molecule has 1 aliphatic heterocycles. The normalized spacial score (nSPS) is 14.4. The van der Waals surface area contributed by atoms with Crippen molar-refractivity contribution in [2.24, 2.45) is 0 Å². The van der Waals surface area contributed by atoms with E-state index in [2.05, 4.69) is 0 Å². The summed E-state index contributed by atoms with van der Waals surface area (Å²) in [6.07, 6.45) is 0. The summed E-state index contributed by atoms with van der Waals surface area (Å²) in [6, 6.07) is 15.1. The second-order valence-electron chi connectivity index (χ2n) is 9.44. The Morgan fingerprint density at radius 2 is 1.36 bits per heavy atom. The van der Waals surface area contributed by atoms with Gasteiger partial charge in [0.1, 0.15) is 12.3 Å². The van der Waals surface area contributed by atoms with Crippen LogP contribution >= 0.6 is 11.6 Å². The predicted molar refractivity (Wildman–Crippen MR) is 159 cm³/mol. The Kier molecular flexibility index (Phi) is 9.56. The van der Waals surface area contributed by atoms with Crippen molar-refractivity contribution in [3.8, 4) is 17.2 Å². The molecule has 226 valence electrons. The molecule has 4 rings (SSSR count). The molecule has 1 aliphatic rings. The van der Waals surface area contributed by atoms with E-state index in [1.165, 1.54) is 60.9 Å². The largest absolute Gasteiger partial charge is 0.495 e. The molecular formula is C28H32ClN3O8S2. The molecule has 0 unspecified atom stereocenters. The van der Waals surface area contributed by atoms with Crippen molar-refractivity contribution in [3.05, 3.63) is 71.2 Å². The van der Waals surface area contributed by atoms with Gasteiger partial charge in [0.05, 0.1) is 36.8 Å². The Hall–Kier alpha value is -3.52. The SMILES string of the molecule is COc1ccc(S(=O)(=O)N(CC(=O)N2CCN(S(=O)(=O)c3ccc(C)cc3)CC2)c2cc(Cl)ccc2OC)cc1OC. The number of methoxy groups -OCH3 is 3. The van der Waals surface area contributed by atoms with E-state index in [9.17, 15) is 21.6 Å². The van der Waals surface area contributed by atoms with E-state index in [4.69, 9.17) is 25.8 Å². The highest BCUT2D eigenvalue weighted by Gasteiger charge is 2.34. The van der Waals surface area contributed by atoms with Crippen molar-refractivity contribution in [1.29, 1.82) is 0 Å². The molecule has 3 aromatic rings. The number of carbonyl (C=O) groups is 1. The van der Waals surface area contributed by atoms with Gasteiger partial charge in [-0.2, -0.15) is 4.31 Å². The van der Waals surface area contributed by atoms with Crippen LogP contribution in [0.1, 0.15) is 5.56 Å². The lowest BCUT2D eigenvalue weighted by Crippen LogP contribution is -2.53. The number of hydrogen-bond acceptors (Lipinski definition) is 8. The van der Waals surface area contributed by atoms with Gasteiger partial charge >= 0.3 is 0 Å². The molecule has 1 fully saturated rings. The van der Waals surface area contributed by atoms with Gasteiger partial charge < -0.3 is 19.1 Å². The lowest BCUT2D eigenvalue weighted by molar-refractivity contribution is -0.130. The molecule has 1 amide bonds. The molecule has 0 radical (unpaired) electrons. The molecule has 42 heavy (non-hydrogen) atoms. The minimum absolute atomic E-state index is 0.0604. The fraction of sp³-hybridized carbons (Fsp3) is 0.321. The Bertz CT molecular complexity index is 1660. The molecule has 0 spiro atoms. The standard InChI is InChI=1S/C28H32ClN3O8S2/c1-20-5-8-22(9-6-20)41(34,35)31-15-13-30(14-16-31)28(33)19-32(24-17-21(29)7-11-25(24)38-2)42(36,37)23-10-12-26(39-3)27(18-23)40-4/h5-12,17-18H,13-16,19H2,1-4H3. The zero-order chi connectivity index (χ0) is 30.7. The van der Waals surface area contributed by atoms with E-state index < -0.39 is 32.5 Å². The summed E-state index contributed by atoms with van der Waals surface area (Å²) < 4.78 is 72.5. The average Bonchev–Trinajstić information content (AvgIpc) is 2.99. The number of piperazine rings is 1. The highest BCUT2D eigenvalue weighted by Crippen LogP contribution is 2.37. The molecular weight excluding hydrogens is 606 g/mol. The van der Waals surface area contributed by atoms with Gasteiger partial charge in [0.15, 0.2) is 11.5 Å². The van der Waals surface area contributed by atoms with Crippen molar-refractivity contribution in [3.63, 3.8) is 0 Å².